The largest absolute Gasteiger partial charge is 0.452 e. The van der Waals surface area contributed by atoms with Crippen LogP contribution >= 0.6 is 0 Å². The van der Waals surface area contributed by atoms with E-state index in [4.69, 9.17) is 20.9 Å². The van der Waals surface area contributed by atoms with Crippen molar-refractivity contribution < 1.29 is 9.47 Å². The van der Waals surface area contributed by atoms with Gasteiger partial charge in [-0.15, -0.1) is 0 Å². The molecule has 0 radical (unpaired) electrons. The molecule has 4 aliphatic carbocycles. The first-order chi connectivity index (χ1) is 12.6. The van der Waals surface area contributed by atoms with Gasteiger partial charge in [-0.05, 0) is 92.5 Å². The summed E-state index contributed by atoms with van der Waals surface area (Å²) in [5.41, 5.74) is 13.2. The molecule has 26 heavy (non-hydrogen) atoms. The first kappa shape index (κ1) is 15.9. The van der Waals surface area contributed by atoms with E-state index in [0.717, 1.165) is 34.7 Å². The summed E-state index contributed by atoms with van der Waals surface area (Å²) in [6.07, 6.45) is 6.22. The monoisotopic (exact) mass is 350 g/mol. The van der Waals surface area contributed by atoms with Gasteiger partial charge in [0.2, 0.25) is 0 Å². The maximum Gasteiger partial charge on any atom is 0.256 e. The van der Waals surface area contributed by atoms with Crippen LogP contribution < -0.4 is 20.9 Å². The van der Waals surface area contributed by atoms with Gasteiger partial charge in [-0.2, -0.15) is 0 Å². The molecule has 2 aromatic carbocycles. The van der Waals surface area contributed by atoms with Gasteiger partial charge >= 0.3 is 0 Å². The molecule has 0 aromatic heterocycles. The maximum atomic E-state index is 6.66. The van der Waals surface area contributed by atoms with Gasteiger partial charge in [0, 0.05) is 23.2 Å². The summed E-state index contributed by atoms with van der Waals surface area (Å²) in [6.45, 7) is 0. The molecule has 136 valence electrons. The molecular weight excluding hydrogens is 324 g/mol. The minimum atomic E-state index is -0.584. The average Bonchev–Trinajstić information content (AvgIpc) is 2.63. The molecule has 0 spiro atoms. The smallest absolute Gasteiger partial charge is 0.256 e. The van der Waals surface area contributed by atoms with Crippen LogP contribution in [0.3, 0.4) is 0 Å². The highest BCUT2D eigenvalue weighted by Crippen LogP contribution is 2.59. The average molecular weight is 350 g/mol. The lowest BCUT2D eigenvalue weighted by Gasteiger charge is -2.59. The highest BCUT2D eigenvalue weighted by molar-refractivity contribution is 5.43. The number of anilines is 2. The molecule has 2 aromatic rings. The summed E-state index contributed by atoms with van der Waals surface area (Å²) in [4.78, 5) is 0. The van der Waals surface area contributed by atoms with E-state index in [0.29, 0.717) is 11.8 Å². The van der Waals surface area contributed by atoms with Crippen molar-refractivity contribution in [2.24, 2.45) is 23.7 Å². The number of ether oxygens (including phenoxy) is 2. The molecule has 4 fully saturated rings. The van der Waals surface area contributed by atoms with Crippen LogP contribution in [0, 0.1) is 23.7 Å². The van der Waals surface area contributed by atoms with E-state index in [1.165, 1.54) is 32.1 Å². The Balaban J connectivity index is 1.51. The van der Waals surface area contributed by atoms with Gasteiger partial charge in [-0.25, -0.2) is 0 Å². The van der Waals surface area contributed by atoms with Crippen LogP contribution in [0.4, 0.5) is 11.4 Å². The molecule has 4 N–H and O–H groups in total. The van der Waals surface area contributed by atoms with Crippen molar-refractivity contribution in [1.29, 1.82) is 0 Å². The van der Waals surface area contributed by atoms with Gasteiger partial charge in [0.05, 0.1) is 0 Å². The Morgan fingerprint density at radius 1 is 0.615 bits per heavy atom. The van der Waals surface area contributed by atoms with E-state index in [1.54, 1.807) is 0 Å². The third-order valence-corrected chi connectivity index (χ3v) is 6.59. The van der Waals surface area contributed by atoms with Crippen LogP contribution in [-0.4, -0.2) is 5.79 Å². The minimum absolute atomic E-state index is 0.439. The van der Waals surface area contributed by atoms with Crippen molar-refractivity contribution >= 4 is 11.4 Å². The zero-order valence-electron chi connectivity index (χ0n) is 14.9. The van der Waals surface area contributed by atoms with Crippen molar-refractivity contribution in [3.8, 4) is 11.5 Å². The van der Waals surface area contributed by atoms with Crippen LogP contribution in [0.25, 0.3) is 0 Å². The molecule has 0 atom stereocenters. The van der Waals surface area contributed by atoms with E-state index in [2.05, 4.69) is 0 Å². The lowest BCUT2D eigenvalue weighted by molar-refractivity contribution is -0.260. The molecule has 4 nitrogen and oxygen atoms in total. The normalized spacial score (nSPS) is 30.9. The second kappa shape index (κ2) is 5.83. The third kappa shape index (κ3) is 2.59. The Kier molecular flexibility index (Phi) is 3.56. The summed E-state index contributed by atoms with van der Waals surface area (Å²) in [5, 5.41) is 0. The van der Waals surface area contributed by atoms with Crippen molar-refractivity contribution in [3.63, 3.8) is 0 Å². The Morgan fingerprint density at radius 3 is 1.38 bits per heavy atom. The molecule has 4 aliphatic rings. The van der Waals surface area contributed by atoms with E-state index >= 15 is 0 Å². The summed E-state index contributed by atoms with van der Waals surface area (Å²) >= 11 is 0. The second-order valence-corrected chi connectivity index (χ2v) is 8.37. The SMILES string of the molecule is Nc1ccc(OC2(Oc3ccc(N)cc3)C3CC4CC(C3)CC2C4)cc1. The molecule has 0 saturated heterocycles. The van der Waals surface area contributed by atoms with Gasteiger partial charge < -0.3 is 20.9 Å². The van der Waals surface area contributed by atoms with Crippen molar-refractivity contribution in [3.05, 3.63) is 48.5 Å². The highest BCUT2D eigenvalue weighted by atomic mass is 16.7. The van der Waals surface area contributed by atoms with Gasteiger partial charge in [0.25, 0.3) is 5.79 Å². The lowest BCUT2D eigenvalue weighted by Crippen LogP contribution is -2.64. The number of nitrogen functional groups attached to an aromatic ring is 2. The molecule has 4 heteroatoms. The van der Waals surface area contributed by atoms with Crippen LogP contribution in [0.5, 0.6) is 11.5 Å². The number of nitrogens with two attached hydrogens (primary N) is 2. The fourth-order valence-corrected chi connectivity index (χ4v) is 5.64. The molecule has 0 heterocycles. The molecule has 6 rings (SSSR count). The summed E-state index contributed by atoms with van der Waals surface area (Å²) in [6, 6.07) is 15.4. The van der Waals surface area contributed by atoms with Crippen molar-refractivity contribution in [1.82, 2.24) is 0 Å². The zero-order chi connectivity index (χ0) is 17.7. The Morgan fingerprint density at radius 2 is 1.00 bits per heavy atom. The van der Waals surface area contributed by atoms with Gasteiger partial charge in [0.1, 0.15) is 11.5 Å². The van der Waals surface area contributed by atoms with Gasteiger partial charge in [-0.1, -0.05) is 0 Å². The van der Waals surface area contributed by atoms with Crippen molar-refractivity contribution in [2.75, 3.05) is 11.5 Å². The lowest BCUT2D eigenvalue weighted by atomic mass is 9.53. The van der Waals surface area contributed by atoms with Crippen LogP contribution in [0.2, 0.25) is 0 Å². The predicted octanol–water partition coefficient (Wildman–Crippen LogP) is 4.46. The highest BCUT2D eigenvalue weighted by Gasteiger charge is 2.61. The molecule has 0 aliphatic heterocycles. The number of hydrogen-bond acceptors (Lipinski definition) is 4. The van der Waals surface area contributed by atoms with Gasteiger partial charge in [-0.3, -0.25) is 0 Å². The minimum Gasteiger partial charge on any atom is -0.452 e. The van der Waals surface area contributed by atoms with Crippen LogP contribution in [-0.2, 0) is 0 Å². The Hall–Kier alpha value is -2.36. The molecule has 0 unspecified atom stereocenters. The summed E-state index contributed by atoms with van der Waals surface area (Å²) in [5.74, 6) is 3.65. The molecule has 4 saturated carbocycles. The van der Waals surface area contributed by atoms with Crippen LogP contribution in [0.1, 0.15) is 32.1 Å². The van der Waals surface area contributed by atoms with E-state index < -0.39 is 5.79 Å². The fourth-order valence-electron chi connectivity index (χ4n) is 5.64. The van der Waals surface area contributed by atoms with E-state index in [-0.39, 0.29) is 0 Å². The zero-order valence-corrected chi connectivity index (χ0v) is 14.9. The van der Waals surface area contributed by atoms with Gasteiger partial charge in [0.15, 0.2) is 0 Å². The quantitative estimate of drug-likeness (QED) is 0.631. The van der Waals surface area contributed by atoms with E-state index in [1.807, 2.05) is 48.5 Å². The standard InChI is InChI=1S/C22H26N2O2/c23-18-1-5-20(6-2-18)25-22(26-21-7-3-19(24)4-8-21)16-10-14-9-15(12-16)13-17(22)11-14/h1-8,14-17H,9-13,23-24H2. The summed E-state index contributed by atoms with van der Waals surface area (Å²) in [7, 11) is 0. The number of rotatable bonds is 4. The third-order valence-electron chi connectivity index (χ3n) is 6.59. The molecule has 4 bridgehead atoms. The van der Waals surface area contributed by atoms with E-state index in [9.17, 15) is 0 Å². The first-order valence-electron chi connectivity index (χ1n) is 9.70. The predicted molar refractivity (Wildman–Crippen MR) is 103 cm³/mol. The first-order valence-corrected chi connectivity index (χ1v) is 9.70. The van der Waals surface area contributed by atoms with Crippen LogP contribution in [0.15, 0.2) is 48.5 Å². The fraction of sp³-hybridized carbons (Fsp3) is 0.455. The molecular formula is C22H26N2O2. The van der Waals surface area contributed by atoms with Crippen molar-refractivity contribution in [2.45, 2.75) is 37.9 Å². The number of hydrogen-bond donors (Lipinski definition) is 2. The Labute approximate surface area is 154 Å². The number of benzene rings is 2. The topological polar surface area (TPSA) is 70.5 Å². The summed E-state index contributed by atoms with van der Waals surface area (Å²) < 4.78 is 13.3. The molecule has 0 amide bonds. The maximum absolute atomic E-state index is 6.66. The second-order valence-electron chi connectivity index (χ2n) is 8.37. The Bertz CT molecular complexity index is 707.